The molecule has 4 nitrogen and oxygen atoms in total. The van der Waals surface area contributed by atoms with Crippen molar-refractivity contribution in [3.8, 4) is 0 Å². The molecule has 19 heavy (non-hydrogen) atoms. The molecule has 0 aliphatic carbocycles. The molecule has 0 aromatic heterocycles. The number of nitrogens with two attached hydrogens (primary N) is 1. The highest BCUT2D eigenvalue weighted by Gasteiger charge is 2.10. The summed E-state index contributed by atoms with van der Waals surface area (Å²) in [7, 11) is 0. The van der Waals surface area contributed by atoms with Crippen LogP contribution in [0.15, 0.2) is 0 Å². The van der Waals surface area contributed by atoms with Gasteiger partial charge in [0.25, 0.3) is 0 Å². The van der Waals surface area contributed by atoms with Gasteiger partial charge in [0, 0.05) is 18.9 Å². The molecule has 1 atom stereocenters. The number of rotatable bonds is 11. The zero-order valence-corrected chi connectivity index (χ0v) is 13.3. The summed E-state index contributed by atoms with van der Waals surface area (Å²) in [4.78, 5) is 14.1. The maximum atomic E-state index is 11.2. The number of nitrogens with zero attached hydrogens (tertiary/aromatic N) is 1. The fourth-order valence-corrected chi connectivity index (χ4v) is 1.94. The van der Waals surface area contributed by atoms with E-state index in [-0.39, 0.29) is 11.9 Å². The first-order valence-corrected chi connectivity index (χ1v) is 7.59. The quantitative estimate of drug-likeness (QED) is 0.359. The van der Waals surface area contributed by atoms with Crippen LogP contribution in [-0.4, -0.2) is 42.1 Å². The maximum Gasteiger partial charge on any atom is 0.305 e. The summed E-state index contributed by atoms with van der Waals surface area (Å²) < 4.78 is 4.89. The summed E-state index contributed by atoms with van der Waals surface area (Å²) in [6.07, 6.45) is 3.58. The molecule has 112 valence electrons. The van der Waals surface area contributed by atoms with E-state index in [0.717, 1.165) is 38.9 Å². The third-order valence-electron chi connectivity index (χ3n) is 3.13. The van der Waals surface area contributed by atoms with Crippen LogP contribution in [0.1, 0.15) is 46.5 Å². The van der Waals surface area contributed by atoms with E-state index in [9.17, 15) is 4.79 Å². The molecular formula is C14H28N2O2S. The second kappa shape index (κ2) is 11.2. The molecular weight excluding hydrogens is 260 g/mol. The summed E-state index contributed by atoms with van der Waals surface area (Å²) in [6.45, 7) is 9.47. The van der Waals surface area contributed by atoms with Crippen LogP contribution in [0.4, 0.5) is 0 Å². The third-order valence-corrected chi connectivity index (χ3v) is 3.53. The Morgan fingerprint density at radius 3 is 2.53 bits per heavy atom. The molecule has 0 aliphatic rings. The zero-order chi connectivity index (χ0) is 14.7. The molecule has 0 saturated carbocycles. The van der Waals surface area contributed by atoms with Gasteiger partial charge in [0.15, 0.2) is 0 Å². The standard InChI is InChI=1S/C14H28N2O2S/c1-4-16(11-12(3)14(15)19)10-8-6-7-9-13(17)18-5-2/h12H,4-11H2,1-3H3,(H2,15,19). The molecule has 0 rings (SSSR count). The third kappa shape index (κ3) is 9.85. The number of carbonyl (C=O) groups is 1. The molecule has 5 heteroatoms. The van der Waals surface area contributed by atoms with Gasteiger partial charge in [0.2, 0.25) is 0 Å². The lowest BCUT2D eigenvalue weighted by atomic mass is 10.1. The van der Waals surface area contributed by atoms with E-state index in [2.05, 4.69) is 18.7 Å². The van der Waals surface area contributed by atoms with Crippen molar-refractivity contribution in [3.05, 3.63) is 0 Å². The fraction of sp³-hybridized carbons (Fsp3) is 0.857. The van der Waals surface area contributed by atoms with E-state index in [1.54, 1.807) is 0 Å². The second-order valence-corrected chi connectivity index (χ2v) is 5.28. The van der Waals surface area contributed by atoms with Crippen LogP contribution in [0.5, 0.6) is 0 Å². The van der Waals surface area contributed by atoms with E-state index in [1.807, 2.05) is 6.92 Å². The van der Waals surface area contributed by atoms with Crippen molar-refractivity contribution in [1.82, 2.24) is 4.90 Å². The van der Waals surface area contributed by atoms with Gasteiger partial charge in [-0.3, -0.25) is 4.79 Å². The lowest BCUT2D eigenvalue weighted by molar-refractivity contribution is -0.143. The summed E-state index contributed by atoms with van der Waals surface area (Å²) in [6, 6.07) is 0. The molecule has 0 aliphatic heterocycles. The van der Waals surface area contributed by atoms with E-state index in [1.165, 1.54) is 0 Å². The SMILES string of the molecule is CCOC(=O)CCCCCN(CC)CC(C)C(N)=S. The van der Waals surface area contributed by atoms with Crippen molar-refractivity contribution in [2.24, 2.45) is 11.7 Å². The summed E-state index contributed by atoms with van der Waals surface area (Å²) in [5.74, 6) is 0.173. The van der Waals surface area contributed by atoms with Crippen molar-refractivity contribution >= 4 is 23.2 Å². The number of thiocarbonyl (C=S) groups is 1. The van der Waals surface area contributed by atoms with E-state index in [4.69, 9.17) is 22.7 Å². The predicted octanol–water partition coefficient (Wildman–Crippen LogP) is 2.35. The topological polar surface area (TPSA) is 55.6 Å². The van der Waals surface area contributed by atoms with Gasteiger partial charge in [-0.2, -0.15) is 0 Å². The van der Waals surface area contributed by atoms with Crippen LogP contribution in [0.3, 0.4) is 0 Å². The average Bonchev–Trinajstić information content (AvgIpc) is 2.36. The highest BCUT2D eigenvalue weighted by Crippen LogP contribution is 2.06. The van der Waals surface area contributed by atoms with Crippen LogP contribution in [0.25, 0.3) is 0 Å². The minimum Gasteiger partial charge on any atom is -0.466 e. The zero-order valence-electron chi connectivity index (χ0n) is 12.5. The van der Waals surface area contributed by atoms with Crippen molar-refractivity contribution in [2.75, 3.05) is 26.2 Å². The lowest BCUT2D eigenvalue weighted by Crippen LogP contribution is -2.34. The first-order chi connectivity index (χ1) is 9.01. The van der Waals surface area contributed by atoms with Crippen LogP contribution in [0, 0.1) is 5.92 Å². The number of hydrogen-bond acceptors (Lipinski definition) is 4. The minimum absolute atomic E-state index is 0.0862. The summed E-state index contributed by atoms with van der Waals surface area (Å²) in [5.41, 5.74) is 5.63. The van der Waals surface area contributed by atoms with E-state index in [0.29, 0.717) is 18.0 Å². The van der Waals surface area contributed by atoms with Crippen molar-refractivity contribution < 1.29 is 9.53 Å². The first kappa shape index (κ1) is 18.3. The number of hydrogen-bond donors (Lipinski definition) is 1. The Balaban J connectivity index is 3.67. The minimum atomic E-state index is -0.0862. The summed E-state index contributed by atoms with van der Waals surface area (Å²) in [5, 5.41) is 0. The molecule has 0 amide bonds. The first-order valence-electron chi connectivity index (χ1n) is 7.18. The highest BCUT2D eigenvalue weighted by atomic mass is 32.1. The molecule has 0 bridgehead atoms. The molecule has 0 radical (unpaired) electrons. The smallest absolute Gasteiger partial charge is 0.305 e. The van der Waals surface area contributed by atoms with Gasteiger partial charge in [-0.25, -0.2) is 0 Å². The Morgan fingerprint density at radius 2 is 2.00 bits per heavy atom. The number of ether oxygens (including phenoxy) is 1. The monoisotopic (exact) mass is 288 g/mol. The van der Waals surface area contributed by atoms with Gasteiger partial charge in [-0.05, 0) is 32.9 Å². The summed E-state index contributed by atoms with van der Waals surface area (Å²) >= 11 is 4.99. The Hall–Kier alpha value is -0.680. The van der Waals surface area contributed by atoms with E-state index < -0.39 is 0 Å². The van der Waals surface area contributed by atoms with E-state index >= 15 is 0 Å². The maximum absolute atomic E-state index is 11.2. The fourth-order valence-electron chi connectivity index (χ4n) is 1.87. The van der Waals surface area contributed by atoms with Crippen LogP contribution in [-0.2, 0) is 9.53 Å². The Bertz CT molecular complexity index is 272. The van der Waals surface area contributed by atoms with Gasteiger partial charge < -0.3 is 15.4 Å². The Morgan fingerprint density at radius 1 is 1.32 bits per heavy atom. The van der Waals surface area contributed by atoms with Crippen molar-refractivity contribution in [1.29, 1.82) is 0 Å². The average molecular weight is 288 g/mol. The molecule has 0 spiro atoms. The molecule has 2 N–H and O–H groups in total. The predicted molar refractivity (Wildman–Crippen MR) is 83.2 cm³/mol. The normalized spacial score (nSPS) is 12.4. The molecule has 0 aromatic rings. The number of unbranched alkanes of at least 4 members (excludes halogenated alkanes) is 2. The lowest BCUT2D eigenvalue weighted by Gasteiger charge is -2.23. The number of carbonyl (C=O) groups excluding carboxylic acids is 1. The molecule has 0 aromatic carbocycles. The van der Waals surface area contributed by atoms with Gasteiger partial charge in [0.05, 0.1) is 11.6 Å². The molecule has 1 unspecified atom stereocenters. The second-order valence-electron chi connectivity index (χ2n) is 4.81. The molecule has 0 saturated heterocycles. The molecule has 0 heterocycles. The van der Waals surface area contributed by atoms with Crippen LogP contribution in [0.2, 0.25) is 0 Å². The van der Waals surface area contributed by atoms with Crippen molar-refractivity contribution in [2.45, 2.75) is 46.5 Å². The van der Waals surface area contributed by atoms with Crippen LogP contribution >= 0.6 is 12.2 Å². The Kier molecular flexibility index (Phi) is 10.8. The van der Waals surface area contributed by atoms with Gasteiger partial charge in [0.1, 0.15) is 0 Å². The van der Waals surface area contributed by atoms with Gasteiger partial charge in [-0.15, -0.1) is 0 Å². The van der Waals surface area contributed by atoms with Gasteiger partial charge >= 0.3 is 5.97 Å². The van der Waals surface area contributed by atoms with Gasteiger partial charge in [-0.1, -0.05) is 32.5 Å². The Labute approximate surface area is 122 Å². The van der Waals surface area contributed by atoms with Crippen molar-refractivity contribution in [3.63, 3.8) is 0 Å². The van der Waals surface area contributed by atoms with Crippen LogP contribution < -0.4 is 5.73 Å². The molecule has 0 fully saturated rings. The highest BCUT2D eigenvalue weighted by molar-refractivity contribution is 7.80. The number of esters is 1. The largest absolute Gasteiger partial charge is 0.466 e.